The molecule has 37 heavy (non-hydrogen) atoms. The summed E-state index contributed by atoms with van der Waals surface area (Å²) >= 11 is 3.44. The lowest BCUT2D eigenvalue weighted by Crippen LogP contribution is -2.54. The lowest BCUT2D eigenvalue weighted by atomic mass is 10.1. The van der Waals surface area contributed by atoms with Crippen molar-refractivity contribution in [2.24, 2.45) is 0 Å². The maximum absolute atomic E-state index is 13.8. The van der Waals surface area contributed by atoms with E-state index in [4.69, 9.17) is 9.47 Å². The summed E-state index contributed by atoms with van der Waals surface area (Å²) in [5, 5.41) is 2.91. The standard InChI is InChI=1S/C26H34BrN3O6S/c1-6-37(33,34)30(21-10-11-22-23(15-21)36-13-12-35-22)17-24(31)29(16-19-8-7-9-20(27)14-19)18(2)25(32)28-26(3,4)5/h7-11,14-15,18H,6,12-13,16-17H2,1-5H3,(H,28,32). The van der Waals surface area contributed by atoms with Crippen LogP contribution in [0.15, 0.2) is 46.9 Å². The number of fused-ring (bicyclic) bond motifs is 1. The number of nitrogens with one attached hydrogen (secondary N) is 1. The number of carbonyl (C=O) groups excluding carboxylic acids is 2. The molecule has 0 radical (unpaired) electrons. The molecule has 0 saturated heterocycles. The maximum atomic E-state index is 13.8. The number of nitrogens with zero attached hydrogens (tertiary/aromatic N) is 2. The van der Waals surface area contributed by atoms with Crippen LogP contribution in [0, 0.1) is 0 Å². The quantitative estimate of drug-likeness (QED) is 0.474. The number of rotatable bonds is 9. The fourth-order valence-corrected chi connectivity index (χ4v) is 5.30. The van der Waals surface area contributed by atoms with E-state index in [1.165, 1.54) is 11.8 Å². The Labute approximate surface area is 227 Å². The lowest BCUT2D eigenvalue weighted by Gasteiger charge is -2.33. The summed E-state index contributed by atoms with van der Waals surface area (Å²) in [5.74, 6) is -0.126. The molecule has 0 aliphatic carbocycles. The van der Waals surface area contributed by atoms with E-state index in [0.29, 0.717) is 24.7 Å². The molecule has 11 heteroatoms. The summed E-state index contributed by atoms with van der Waals surface area (Å²) in [4.78, 5) is 28.2. The summed E-state index contributed by atoms with van der Waals surface area (Å²) in [6, 6.07) is 11.3. The van der Waals surface area contributed by atoms with E-state index in [1.807, 2.05) is 45.0 Å². The minimum Gasteiger partial charge on any atom is -0.486 e. The first kappa shape index (κ1) is 28.8. The lowest BCUT2D eigenvalue weighted by molar-refractivity contribution is -0.140. The van der Waals surface area contributed by atoms with Gasteiger partial charge in [-0.15, -0.1) is 0 Å². The highest BCUT2D eigenvalue weighted by atomic mass is 79.9. The van der Waals surface area contributed by atoms with E-state index >= 15 is 0 Å². The van der Waals surface area contributed by atoms with Gasteiger partial charge in [0.1, 0.15) is 25.8 Å². The molecule has 0 aromatic heterocycles. The van der Waals surface area contributed by atoms with Gasteiger partial charge in [-0.2, -0.15) is 0 Å². The van der Waals surface area contributed by atoms with Crippen LogP contribution in [0.3, 0.4) is 0 Å². The molecule has 1 heterocycles. The fraction of sp³-hybridized carbons (Fsp3) is 0.462. The van der Waals surface area contributed by atoms with Gasteiger partial charge in [0, 0.05) is 22.6 Å². The Bertz CT molecular complexity index is 1250. The van der Waals surface area contributed by atoms with Crippen molar-refractivity contribution in [1.82, 2.24) is 10.2 Å². The van der Waals surface area contributed by atoms with Crippen molar-refractivity contribution in [2.45, 2.75) is 52.7 Å². The molecule has 1 aliphatic heterocycles. The number of halogens is 1. The number of carbonyl (C=O) groups is 2. The number of hydrogen-bond donors (Lipinski definition) is 1. The predicted molar refractivity (Wildman–Crippen MR) is 146 cm³/mol. The van der Waals surface area contributed by atoms with Gasteiger partial charge in [-0.05, 0) is 64.4 Å². The summed E-state index contributed by atoms with van der Waals surface area (Å²) in [6.45, 7) is 9.12. The Kier molecular flexibility index (Phi) is 9.12. The van der Waals surface area contributed by atoms with E-state index in [2.05, 4.69) is 21.2 Å². The maximum Gasteiger partial charge on any atom is 0.244 e. The Morgan fingerprint density at radius 2 is 1.76 bits per heavy atom. The van der Waals surface area contributed by atoms with E-state index in [-0.39, 0.29) is 23.9 Å². The van der Waals surface area contributed by atoms with Crippen LogP contribution < -0.4 is 19.1 Å². The number of sulfonamides is 1. The minimum atomic E-state index is -3.84. The van der Waals surface area contributed by atoms with Gasteiger partial charge >= 0.3 is 0 Å². The van der Waals surface area contributed by atoms with Crippen molar-refractivity contribution in [2.75, 3.05) is 29.8 Å². The number of amides is 2. The van der Waals surface area contributed by atoms with Gasteiger partial charge in [-0.1, -0.05) is 28.1 Å². The molecule has 0 spiro atoms. The van der Waals surface area contributed by atoms with Crippen LogP contribution in [0.5, 0.6) is 11.5 Å². The molecule has 2 aromatic rings. The third-order valence-electron chi connectivity index (χ3n) is 5.70. The van der Waals surface area contributed by atoms with Crippen LogP contribution in [0.25, 0.3) is 0 Å². The topological polar surface area (TPSA) is 105 Å². The fourth-order valence-electron chi connectivity index (χ4n) is 3.80. The van der Waals surface area contributed by atoms with Gasteiger partial charge in [0.05, 0.1) is 11.4 Å². The molecule has 3 rings (SSSR count). The molecule has 2 aromatic carbocycles. The molecular formula is C26H34BrN3O6S. The highest BCUT2D eigenvalue weighted by molar-refractivity contribution is 9.10. The largest absolute Gasteiger partial charge is 0.486 e. The van der Waals surface area contributed by atoms with Crippen molar-refractivity contribution >= 4 is 43.5 Å². The van der Waals surface area contributed by atoms with E-state index in [0.717, 1.165) is 14.3 Å². The van der Waals surface area contributed by atoms with Gasteiger partial charge in [0.25, 0.3) is 0 Å². The third kappa shape index (κ3) is 7.61. The van der Waals surface area contributed by atoms with Crippen LogP contribution in [-0.4, -0.2) is 62.2 Å². The van der Waals surface area contributed by atoms with E-state index in [1.54, 1.807) is 25.1 Å². The first-order chi connectivity index (χ1) is 17.3. The zero-order valence-corrected chi connectivity index (χ0v) is 24.2. The number of hydrogen-bond acceptors (Lipinski definition) is 6. The zero-order valence-electron chi connectivity index (χ0n) is 21.8. The molecule has 1 aliphatic rings. The monoisotopic (exact) mass is 595 g/mol. The van der Waals surface area contributed by atoms with Crippen molar-refractivity contribution < 1.29 is 27.5 Å². The Morgan fingerprint density at radius 3 is 2.38 bits per heavy atom. The molecule has 1 unspecified atom stereocenters. The van der Waals surface area contributed by atoms with E-state index < -0.39 is 34.1 Å². The van der Waals surface area contributed by atoms with Crippen LogP contribution in [0.1, 0.15) is 40.2 Å². The number of benzene rings is 2. The number of ether oxygens (including phenoxy) is 2. The second-order valence-corrected chi connectivity index (χ2v) is 12.9. The molecule has 0 fully saturated rings. The molecule has 0 saturated carbocycles. The molecule has 1 N–H and O–H groups in total. The van der Waals surface area contributed by atoms with Crippen LogP contribution in [-0.2, 0) is 26.2 Å². The Hall–Kier alpha value is -2.79. The highest BCUT2D eigenvalue weighted by Gasteiger charge is 2.32. The SMILES string of the molecule is CCS(=O)(=O)N(CC(=O)N(Cc1cccc(Br)c1)C(C)C(=O)NC(C)(C)C)c1ccc2c(c1)OCCO2. The molecular weight excluding hydrogens is 562 g/mol. The molecule has 9 nitrogen and oxygen atoms in total. The average Bonchev–Trinajstić information content (AvgIpc) is 2.84. The van der Waals surface area contributed by atoms with Gasteiger partial charge in [0.15, 0.2) is 11.5 Å². The predicted octanol–water partition coefficient (Wildman–Crippen LogP) is 3.71. The van der Waals surface area contributed by atoms with Crippen molar-refractivity contribution in [3.63, 3.8) is 0 Å². The minimum absolute atomic E-state index is 0.123. The smallest absolute Gasteiger partial charge is 0.244 e. The highest BCUT2D eigenvalue weighted by Crippen LogP contribution is 2.35. The summed E-state index contributed by atoms with van der Waals surface area (Å²) in [6.07, 6.45) is 0. The van der Waals surface area contributed by atoms with Gasteiger partial charge in [0.2, 0.25) is 21.8 Å². The van der Waals surface area contributed by atoms with Crippen LogP contribution in [0.2, 0.25) is 0 Å². The molecule has 2 amide bonds. The van der Waals surface area contributed by atoms with Crippen molar-refractivity contribution in [3.05, 3.63) is 52.5 Å². The Balaban J connectivity index is 1.96. The molecule has 202 valence electrons. The Morgan fingerprint density at radius 1 is 1.08 bits per heavy atom. The summed E-state index contributed by atoms with van der Waals surface area (Å²) in [7, 11) is -3.84. The summed E-state index contributed by atoms with van der Waals surface area (Å²) < 4.78 is 39.3. The van der Waals surface area contributed by atoms with Gasteiger partial charge in [-0.3, -0.25) is 13.9 Å². The van der Waals surface area contributed by atoms with Gasteiger partial charge < -0.3 is 19.7 Å². The first-order valence-corrected chi connectivity index (χ1v) is 14.5. The number of anilines is 1. The van der Waals surface area contributed by atoms with Crippen molar-refractivity contribution in [1.29, 1.82) is 0 Å². The summed E-state index contributed by atoms with van der Waals surface area (Å²) in [5.41, 5.74) is 0.578. The second kappa shape index (κ2) is 11.7. The van der Waals surface area contributed by atoms with Crippen molar-refractivity contribution in [3.8, 4) is 11.5 Å². The first-order valence-electron chi connectivity index (χ1n) is 12.1. The van der Waals surface area contributed by atoms with Crippen LogP contribution >= 0.6 is 15.9 Å². The normalized spacial score (nSPS) is 14.0. The second-order valence-electron chi connectivity index (χ2n) is 9.80. The van der Waals surface area contributed by atoms with Gasteiger partial charge in [-0.25, -0.2) is 8.42 Å². The zero-order chi connectivity index (χ0) is 27.4. The molecule has 1 atom stereocenters. The average molecular weight is 597 g/mol. The van der Waals surface area contributed by atoms with Crippen LogP contribution in [0.4, 0.5) is 5.69 Å². The third-order valence-corrected chi connectivity index (χ3v) is 7.93. The van der Waals surface area contributed by atoms with E-state index in [9.17, 15) is 18.0 Å². The molecule has 0 bridgehead atoms.